The highest BCUT2D eigenvalue weighted by molar-refractivity contribution is 6.03. The molecule has 0 fully saturated rings. The van der Waals surface area contributed by atoms with Crippen LogP contribution in [0.1, 0.15) is 77.7 Å². The van der Waals surface area contributed by atoms with Gasteiger partial charge in [0.15, 0.2) is 6.29 Å². The van der Waals surface area contributed by atoms with Gasteiger partial charge in [-0.3, -0.25) is 19.2 Å². The average Bonchev–Trinajstić information content (AvgIpc) is 3.11. The quantitative estimate of drug-likeness (QED) is 0.373. The number of nitrogens with two attached hydrogens (primary N) is 2. The molecule has 0 spiro atoms. The summed E-state index contributed by atoms with van der Waals surface area (Å²) in [7, 11) is 0. The Hall–Kier alpha value is -3.27. The van der Waals surface area contributed by atoms with Crippen molar-refractivity contribution < 1.29 is 34.8 Å². The zero-order valence-electron chi connectivity index (χ0n) is 20.9. The number of hydrogen-bond donors (Lipinski definition) is 4. The monoisotopic (exact) mass is 477 g/mol. The first-order valence-corrected chi connectivity index (χ1v) is 11.0. The van der Waals surface area contributed by atoms with Gasteiger partial charge < -0.3 is 27.2 Å². The number of amides is 3. The van der Waals surface area contributed by atoms with E-state index in [0.717, 1.165) is 34.1 Å². The summed E-state index contributed by atoms with van der Waals surface area (Å²) in [5.74, 6) is -2.39. The summed E-state index contributed by atoms with van der Waals surface area (Å²) >= 11 is 0. The standard InChI is InChI=1S/C18H24N2O4.C6H12N2O2/c1-9-10(2)12(4)15-13(11(9)3)8-20(16(15)22)18(5,17(23)24)7-6-14(19)21;1-6(8,4-9)3-2-5(7)10/h6-8H2,1-5H3,(H2,19,21)(H,23,24);4H,2-3,8H2,1H3,(H2,7,10)/p+1. The number of carbonyl (C=O) groups is 5. The van der Waals surface area contributed by atoms with Crippen molar-refractivity contribution in [2.75, 3.05) is 0 Å². The van der Waals surface area contributed by atoms with Crippen LogP contribution in [-0.4, -0.2) is 51.1 Å². The molecule has 2 rings (SSSR count). The fraction of sp³-hybridized carbons (Fsp3) is 0.542. The molecule has 1 aliphatic rings. The number of aliphatic carboxylic acids is 1. The zero-order chi connectivity index (χ0) is 26.6. The first-order valence-electron chi connectivity index (χ1n) is 11.0. The topological polar surface area (TPSA) is 188 Å². The molecule has 1 aliphatic heterocycles. The number of aldehydes is 1. The molecule has 8 N–H and O–H groups in total. The van der Waals surface area contributed by atoms with E-state index in [9.17, 15) is 29.1 Å². The Morgan fingerprint density at radius 3 is 1.88 bits per heavy atom. The molecule has 0 bridgehead atoms. The van der Waals surface area contributed by atoms with Gasteiger partial charge >= 0.3 is 5.97 Å². The highest BCUT2D eigenvalue weighted by atomic mass is 16.4. The first-order chi connectivity index (χ1) is 15.5. The van der Waals surface area contributed by atoms with Crippen molar-refractivity contribution >= 4 is 30.0 Å². The molecule has 34 heavy (non-hydrogen) atoms. The van der Waals surface area contributed by atoms with Crippen molar-refractivity contribution in [2.45, 2.75) is 84.8 Å². The minimum absolute atomic E-state index is 0.00649. The molecule has 2 atom stereocenters. The molecule has 10 heteroatoms. The van der Waals surface area contributed by atoms with E-state index in [1.165, 1.54) is 11.8 Å². The fourth-order valence-corrected chi connectivity index (χ4v) is 3.83. The second kappa shape index (κ2) is 10.8. The lowest BCUT2D eigenvalue weighted by molar-refractivity contribution is -0.449. The van der Waals surface area contributed by atoms with Crippen LogP contribution in [0.15, 0.2) is 0 Å². The van der Waals surface area contributed by atoms with Crippen LogP contribution < -0.4 is 17.2 Å². The van der Waals surface area contributed by atoms with E-state index in [-0.39, 0.29) is 31.7 Å². The molecule has 188 valence electrons. The van der Waals surface area contributed by atoms with Crippen LogP contribution in [0, 0.1) is 27.7 Å². The van der Waals surface area contributed by atoms with Crippen molar-refractivity contribution in [3.05, 3.63) is 33.4 Å². The number of benzene rings is 1. The molecule has 0 aromatic heterocycles. The van der Waals surface area contributed by atoms with Crippen molar-refractivity contribution in [2.24, 2.45) is 11.5 Å². The Morgan fingerprint density at radius 2 is 1.44 bits per heavy atom. The van der Waals surface area contributed by atoms with Gasteiger partial charge in [0.05, 0.1) is 0 Å². The van der Waals surface area contributed by atoms with Crippen LogP contribution in [0.4, 0.5) is 0 Å². The molecule has 0 saturated carbocycles. The van der Waals surface area contributed by atoms with Crippen LogP contribution in [0.2, 0.25) is 0 Å². The van der Waals surface area contributed by atoms with Crippen LogP contribution >= 0.6 is 0 Å². The van der Waals surface area contributed by atoms with Gasteiger partial charge in [-0.1, -0.05) is 0 Å². The van der Waals surface area contributed by atoms with E-state index < -0.39 is 28.9 Å². The van der Waals surface area contributed by atoms with Gasteiger partial charge in [0.25, 0.3) is 5.91 Å². The molecule has 3 amide bonds. The summed E-state index contributed by atoms with van der Waals surface area (Å²) in [6.07, 6.45) is 1.28. The summed E-state index contributed by atoms with van der Waals surface area (Å²) in [5.41, 5.74) is 17.1. The Labute approximate surface area is 199 Å². The minimum Gasteiger partial charge on any atom is -0.480 e. The summed E-state index contributed by atoms with van der Waals surface area (Å²) in [6.45, 7) is 11.2. The van der Waals surface area contributed by atoms with E-state index in [2.05, 4.69) is 5.73 Å². The maximum absolute atomic E-state index is 13.0. The highest BCUT2D eigenvalue weighted by Gasteiger charge is 2.47. The Balaban J connectivity index is 0.000000489. The summed E-state index contributed by atoms with van der Waals surface area (Å²) in [6, 6.07) is 0. The van der Waals surface area contributed by atoms with E-state index in [0.29, 0.717) is 12.0 Å². The van der Waals surface area contributed by atoms with E-state index in [1.807, 2.05) is 27.7 Å². The van der Waals surface area contributed by atoms with Crippen molar-refractivity contribution in [1.82, 2.24) is 4.90 Å². The van der Waals surface area contributed by atoms with Crippen LogP contribution in [-0.2, 0) is 25.7 Å². The van der Waals surface area contributed by atoms with Crippen molar-refractivity contribution in [1.29, 1.82) is 0 Å². The minimum atomic E-state index is -1.47. The van der Waals surface area contributed by atoms with Gasteiger partial charge in [0.2, 0.25) is 11.8 Å². The summed E-state index contributed by atoms with van der Waals surface area (Å²) < 4.78 is 0. The Morgan fingerprint density at radius 1 is 0.971 bits per heavy atom. The SMILES string of the molecule is CC([NH3+])(C=O)CCC(N)=O.Cc1c(C)c(C)c2c(c1C)CN(C(C)(CCC(N)=O)C(=O)O)C2=O. The second-order valence-electron chi connectivity index (χ2n) is 9.53. The molecule has 1 heterocycles. The normalized spacial score (nSPS) is 16.0. The fourth-order valence-electron chi connectivity index (χ4n) is 3.83. The van der Waals surface area contributed by atoms with Crippen molar-refractivity contribution in [3.63, 3.8) is 0 Å². The number of nitrogens with zero attached hydrogens (tertiary/aromatic N) is 1. The predicted octanol–water partition coefficient (Wildman–Crippen LogP) is 0.436. The molecular formula is C24H37N4O6+. The number of primary amides is 2. The summed E-state index contributed by atoms with van der Waals surface area (Å²) in [5, 5.41) is 9.70. The van der Waals surface area contributed by atoms with Crippen LogP contribution in [0.5, 0.6) is 0 Å². The number of carbonyl (C=O) groups excluding carboxylic acids is 4. The van der Waals surface area contributed by atoms with Gasteiger partial charge in [-0.2, -0.15) is 0 Å². The van der Waals surface area contributed by atoms with Crippen LogP contribution in [0.3, 0.4) is 0 Å². The van der Waals surface area contributed by atoms with Crippen LogP contribution in [0.25, 0.3) is 0 Å². The number of hydrogen-bond acceptors (Lipinski definition) is 5. The molecule has 0 radical (unpaired) electrons. The zero-order valence-corrected chi connectivity index (χ0v) is 20.9. The lowest BCUT2D eigenvalue weighted by Gasteiger charge is -2.34. The predicted molar refractivity (Wildman–Crippen MR) is 126 cm³/mol. The largest absolute Gasteiger partial charge is 0.480 e. The lowest BCUT2D eigenvalue weighted by Crippen LogP contribution is -2.72. The molecular weight excluding hydrogens is 440 g/mol. The van der Waals surface area contributed by atoms with E-state index in [1.54, 1.807) is 6.92 Å². The van der Waals surface area contributed by atoms with Crippen molar-refractivity contribution in [3.8, 4) is 0 Å². The number of carboxylic acid groups (broad SMARTS) is 1. The lowest BCUT2D eigenvalue weighted by atomic mass is 9.90. The molecule has 1 aromatic carbocycles. The highest BCUT2D eigenvalue weighted by Crippen LogP contribution is 2.38. The average molecular weight is 478 g/mol. The molecule has 0 saturated heterocycles. The maximum atomic E-state index is 13.0. The van der Waals surface area contributed by atoms with Gasteiger partial charge in [-0.25, -0.2) is 4.79 Å². The number of rotatable bonds is 9. The Bertz CT molecular complexity index is 1020. The molecule has 2 unspecified atom stereocenters. The third kappa shape index (κ3) is 6.19. The smallest absolute Gasteiger partial charge is 0.329 e. The van der Waals surface area contributed by atoms with Gasteiger partial charge in [0.1, 0.15) is 11.1 Å². The van der Waals surface area contributed by atoms with Gasteiger partial charge in [0, 0.05) is 31.4 Å². The maximum Gasteiger partial charge on any atom is 0.329 e. The number of carboxylic acids is 1. The Kier molecular flexibility index (Phi) is 9.11. The first kappa shape index (κ1) is 28.8. The van der Waals surface area contributed by atoms with Gasteiger partial charge in [-0.15, -0.1) is 0 Å². The third-order valence-corrected chi connectivity index (χ3v) is 6.73. The molecule has 0 aliphatic carbocycles. The molecule has 1 aromatic rings. The summed E-state index contributed by atoms with van der Waals surface area (Å²) in [4.78, 5) is 57.8. The van der Waals surface area contributed by atoms with E-state index in [4.69, 9.17) is 11.5 Å². The van der Waals surface area contributed by atoms with Gasteiger partial charge in [-0.05, 0) is 75.8 Å². The number of fused-ring (bicyclic) bond motifs is 1. The second-order valence-corrected chi connectivity index (χ2v) is 9.53. The number of quaternary nitrogens is 1. The molecule has 10 nitrogen and oxygen atoms in total. The van der Waals surface area contributed by atoms with E-state index >= 15 is 0 Å². The third-order valence-electron chi connectivity index (χ3n) is 6.73.